The predicted molar refractivity (Wildman–Crippen MR) is 65.5 cm³/mol. The minimum Gasteiger partial charge on any atom is -0.497 e. The van der Waals surface area contributed by atoms with Crippen molar-refractivity contribution >= 4 is 5.91 Å². The number of methoxy groups -OCH3 is 2. The second-order valence-corrected chi connectivity index (χ2v) is 3.55. The molecule has 1 rings (SSSR count). The SMILES string of the molecule is COc1ccc(C#CCNC(=O)C(F)(F)F)c(OC)c1. The van der Waals surface area contributed by atoms with E-state index in [0.717, 1.165) is 0 Å². The van der Waals surface area contributed by atoms with Crippen LogP contribution in [0.3, 0.4) is 0 Å². The van der Waals surface area contributed by atoms with Gasteiger partial charge in [-0.25, -0.2) is 0 Å². The van der Waals surface area contributed by atoms with E-state index in [9.17, 15) is 18.0 Å². The summed E-state index contributed by atoms with van der Waals surface area (Å²) in [5.41, 5.74) is 0.481. The number of benzene rings is 1. The molecule has 1 aromatic carbocycles. The zero-order valence-corrected chi connectivity index (χ0v) is 10.8. The first-order chi connectivity index (χ1) is 9.38. The molecule has 1 amide bonds. The third-order valence-corrected chi connectivity index (χ3v) is 2.23. The van der Waals surface area contributed by atoms with Crippen LogP contribution in [-0.2, 0) is 4.79 Å². The fourth-order valence-electron chi connectivity index (χ4n) is 1.27. The molecule has 1 N–H and O–H groups in total. The normalized spacial score (nSPS) is 10.2. The number of halogens is 3. The minimum atomic E-state index is -4.90. The van der Waals surface area contributed by atoms with E-state index < -0.39 is 18.6 Å². The molecular weight excluding hydrogens is 275 g/mol. The van der Waals surface area contributed by atoms with Crippen LogP contribution in [0.1, 0.15) is 5.56 Å². The van der Waals surface area contributed by atoms with Crippen LogP contribution in [0.2, 0.25) is 0 Å². The highest BCUT2D eigenvalue weighted by Gasteiger charge is 2.38. The lowest BCUT2D eigenvalue weighted by molar-refractivity contribution is -0.173. The Bertz CT molecular complexity index is 544. The van der Waals surface area contributed by atoms with Crippen LogP contribution in [0.4, 0.5) is 13.2 Å². The minimum absolute atomic E-state index is 0.409. The quantitative estimate of drug-likeness (QED) is 0.861. The fraction of sp³-hybridized carbons (Fsp3) is 0.308. The molecule has 0 saturated carbocycles. The summed E-state index contributed by atoms with van der Waals surface area (Å²) in [6, 6.07) is 4.84. The summed E-state index contributed by atoms with van der Waals surface area (Å²) in [6.07, 6.45) is -4.90. The van der Waals surface area contributed by atoms with Gasteiger partial charge in [-0.05, 0) is 12.1 Å². The second kappa shape index (κ2) is 6.70. The van der Waals surface area contributed by atoms with Crippen molar-refractivity contribution in [2.75, 3.05) is 20.8 Å². The van der Waals surface area contributed by atoms with Gasteiger partial charge in [0.15, 0.2) is 0 Å². The van der Waals surface area contributed by atoms with Gasteiger partial charge in [-0.2, -0.15) is 13.2 Å². The molecule has 0 unspecified atom stereocenters. The van der Waals surface area contributed by atoms with Crippen molar-refractivity contribution < 1.29 is 27.4 Å². The maximum Gasteiger partial charge on any atom is 0.471 e. The molecule has 0 aliphatic heterocycles. The summed E-state index contributed by atoms with van der Waals surface area (Å²) < 4.78 is 45.8. The van der Waals surface area contributed by atoms with Crippen molar-refractivity contribution in [2.24, 2.45) is 0 Å². The van der Waals surface area contributed by atoms with Crippen LogP contribution in [0.15, 0.2) is 18.2 Å². The van der Waals surface area contributed by atoms with Crippen LogP contribution >= 0.6 is 0 Å². The molecule has 0 bridgehead atoms. The van der Waals surface area contributed by atoms with Crippen molar-refractivity contribution in [3.8, 4) is 23.3 Å². The number of carbonyl (C=O) groups excluding carboxylic acids is 1. The lowest BCUT2D eigenvalue weighted by Crippen LogP contribution is -2.36. The number of nitrogens with one attached hydrogen (secondary N) is 1. The Morgan fingerprint density at radius 1 is 1.30 bits per heavy atom. The van der Waals surface area contributed by atoms with E-state index in [-0.39, 0.29) is 0 Å². The van der Waals surface area contributed by atoms with Crippen molar-refractivity contribution in [1.82, 2.24) is 5.32 Å². The van der Waals surface area contributed by atoms with Gasteiger partial charge in [-0.3, -0.25) is 4.79 Å². The van der Waals surface area contributed by atoms with E-state index >= 15 is 0 Å². The van der Waals surface area contributed by atoms with Crippen molar-refractivity contribution in [3.63, 3.8) is 0 Å². The zero-order valence-electron chi connectivity index (χ0n) is 10.8. The van der Waals surface area contributed by atoms with E-state index in [1.54, 1.807) is 23.5 Å². The lowest BCUT2D eigenvalue weighted by Gasteiger charge is -2.06. The number of hydrogen-bond acceptors (Lipinski definition) is 3. The van der Waals surface area contributed by atoms with E-state index in [2.05, 4.69) is 11.8 Å². The Morgan fingerprint density at radius 2 is 2.00 bits per heavy atom. The lowest BCUT2D eigenvalue weighted by atomic mass is 10.2. The van der Waals surface area contributed by atoms with Crippen LogP contribution in [0.5, 0.6) is 11.5 Å². The van der Waals surface area contributed by atoms with E-state index in [4.69, 9.17) is 9.47 Å². The average molecular weight is 287 g/mol. The van der Waals surface area contributed by atoms with E-state index in [1.165, 1.54) is 14.2 Å². The fourth-order valence-corrected chi connectivity index (χ4v) is 1.27. The van der Waals surface area contributed by atoms with E-state index in [0.29, 0.717) is 17.1 Å². The van der Waals surface area contributed by atoms with Crippen LogP contribution in [-0.4, -0.2) is 32.8 Å². The summed E-state index contributed by atoms with van der Waals surface area (Å²) in [6.45, 7) is -0.409. The van der Waals surface area contributed by atoms with Crippen molar-refractivity contribution in [3.05, 3.63) is 23.8 Å². The van der Waals surface area contributed by atoms with Gasteiger partial charge >= 0.3 is 12.1 Å². The topological polar surface area (TPSA) is 47.6 Å². The molecule has 0 radical (unpaired) electrons. The van der Waals surface area contributed by atoms with Gasteiger partial charge in [0.05, 0.1) is 26.3 Å². The summed E-state index contributed by atoms with van der Waals surface area (Å²) in [5.74, 6) is 4.00. The maximum absolute atomic E-state index is 11.9. The molecular formula is C13H12F3NO3. The molecule has 20 heavy (non-hydrogen) atoms. The first-order valence-corrected chi connectivity index (χ1v) is 5.44. The average Bonchev–Trinajstić information content (AvgIpc) is 2.42. The van der Waals surface area contributed by atoms with Crippen LogP contribution in [0, 0.1) is 11.8 Å². The van der Waals surface area contributed by atoms with Gasteiger partial charge in [-0.15, -0.1) is 0 Å². The zero-order chi connectivity index (χ0) is 15.2. The Hall–Kier alpha value is -2.36. The molecule has 0 spiro atoms. The molecule has 0 aromatic heterocycles. The first kappa shape index (κ1) is 15.7. The second-order valence-electron chi connectivity index (χ2n) is 3.55. The van der Waals surface area contributed by atoms with Gasteiger partial charge in [0.1, 0.15) is 11.5 Å². The molecule has 0 fully saturated rings. The maximum atomic E-state index is 11.9. The monoisotopic (exact) mass is 287 g/mol. The molecule has 7 heteroatoms. The van der Waals surface area contributed by atoms with Gasteiger partial charge in [0.2, 0.25) is 0 Å². The molecule has 0 aliphatic carbocycles. The summed E-state index contributed by atoms with van der Waals surface area (Å²) in [4.78, 5) is 10.5. The smallest absolute Gasteiger partial charge is 0.471 e. The number of carbonyl (C=O) groups is 1. The molecule has 0 heterocycles. The predicted octanol–water partition coefficient (Wildman–Crippen LogP) is 1.73. The molecule has 1 aromatic rings. The third kappa shape index (κ3) is 4.39. The Balaban J connectivity index is 2.71. The highest BCUT2D eigenvalue weighted by molar-refractivity contribution is 5.81. The number of rotatable bonds is 3. The Morgan fingerprint density at radius 3 is 2.55 bits per heavy atom. The summed E-state index contributed by atoms with van der Waals surface area (Å²) >= 11 is 0. The number of amides is 1. The summed E-state index contributed by atoms with van der Waals surface area (Å²) in [7, 11) is 2.93. The number of alkyl halides is 3. The van der Waals surface area contributed by atoms with E-state index in [1.807, 2.05) is 0 Å². The van der Waals surface area contributed by atoms with Crippen LogP contribution in [0.25, 0.3) is 0 Å². The number of hydrogen-bond donors (Lipinski definition) is 1. The Kier molecular flexibility index (Phi) is 5.26. The first-order valence-electron chi connectivity index (χ1n) is 5.44. The summed E-state index contributed by atoms with van der Waals surface area (Å²) in [5, 5.41) is 1.65. The molecule has 4 nitrogen and oxygen atoms in total. The Labute approximate surface area is 113 Å². The van der Waals surface area contributed by atoms with Crippen molar-refractivity contribution in [2.45, 2.75) is 6.18 Å². The van der Waals surface area contributed by atoms with Gasteiger partial charge in [0, 0.05) is 6.07 Å². The molecule has 0 atom stereocenters. The van der Waals surface area contributed by atoms with Gasteiger partial charge in [-0.1, -0.05) is 11.8 Å². The standard InChI is InChI=1S/C13H12F3NO3/c1-19-10-6-5-9(11(8-10)20-2)4-3-7-17-12(18)13(14,15)16/h5-6,8H,7H2,1-2H3,(H,17,18). The van der Waals surface area contributed by atoms with Gasteiger partial charge < -0.3 is 14.8 Å². The third-order valence-electron chi connectivity index (χ3n) is 2.23. The largest absolute Gasteiger partial charge is 0.497 e. The highest BCUT2D eigenvalue weighted by Crippen LogP contribution is 2.23. The number of ether oxygens (including phenoxy) is 2. The van der Waals surface area contributed by atoms with Gasteiger partial charge in [0.25, 0.3) is 0 Å². The molecule has 0 aliphatic rings. The van der Waals surface area contributed by atoms with Crippen LogP contribution < -0.4 is 14.8 Å². The van der Waals surface area contributed by atoms with Crippen molar-refractivity contribution in [1.29, 1.82) is 0 Å². The molecule has 0 saturated heterocycles. The molecule has 108 valence electrons. The highest BCUT2D eigenvalue weighted by atomic mass is 19.4.